The number of carbonyl (C=O) groups is 1. The number of nitrogens with zero attached hydrogens (tertiary/aromatic N) is 1. The monoisotopic (exact) mass is 382 g/mol. The van der Waals surface area contributed by atoms with Gasteiger partial charge in [0.2, 0.25) is 0 Å². The van der Waals surface area contributed by atoms with Crippen molar-refractivity contribution in [1.82, 2.24) is 10.6 Å². The largest absolute Gasteiger partial charge is 0.330 e. The van der Waals surface area contributed by atoms with Crippen molar-refractivity contribution in [3.8, 4) is 0 Å². The number of anilines is 1. The van der Waals surface area contributed by atoms with Gasteiger partial charge in [-0.2, -0.15) is 0 Å². The fourth-order valence-corrected chi connectivity index (χ4v) is 3.87. The maximum atomic E-state index is 12.7. The first-order valence-corrected chi connectivity index (χ1v) is 10.8. The van der Waals surface area contributed by atoms with E-state index in [2.05, 4.69) is 28.8 Å². The molecule has 3 rings (SSSR count). The van der Waals surface area contributed by atoms with Crippen molar-refractivity contribution < 1.29 is 4.79 Å². The van der Waals surface area contributed by atoms with Gasteiger partial charge >= 0.3 is 0 Å². The molecule has 28 heavy (non-hydrogen) atoms. The Balaban J connectivity index is 1.27. The number of unbranched alkanes of at least 4 members (excludes halogenated alkanes) is 3. The van der Waals surface area contributed by atoms with Crippen LogP contribution < -0.4 is 21.3 Å². The van der Waals surface area contributed by atoms with Crippen molar-refractivity contribution in [2.75, 3.05) is 44.2 Å². The molecule has 0 saturated heterocycles. The molecule has 152 valence electrons. The Morgan fingerprint density at radius 1 is 0.786 bits per heavy atom. The minimum atomic E-state index is 0.152. The van der Waals surface area contributed by atoms with Crippen LogP contribution >= 0.6 is 0 Å². The zero-order valence-electron chi connectivity index (χ0n) is 16.9. The molecular weight excluding hydrogens is 348 g/mol. The fraction of sp³-hybridized carbons (Fsp3) is 0.522. The van der Waals surface area contributed by atoms with Crippen LogP contribution in [-0.2, 0) is 0 Å². The fourth-order valence-electron chi connectivity index (χ4n) is 3.87. The molecule has 4 N–H and O–H groups in total. The summed E-state index contributed by atoms with van der Waals surface area (Å²) in [5.74, 6) is 0.152. The molecule has 0 bridgehead atoms. The molecule has 5 heteroatoms. The summed E-state index contributed by atoms with van der Waals surface area (Å²) < 4.78 is 0. The van der Waals surface area contributed by atoms with Crippen molar-refractivity contribution in [3.63, 3.8) is 0 Å². The summed E-state index contributed by atoms with van der Waals surface area (Å²) in [5.41, 5.74) is 7.41. The Morgan fingerprint density at radius 2 is 1.39 bits per heavy atom. The van der Waals surface area contributed by atoms with Crippen LogP contribution in [0.5, 0.6) is 0 Å². The molecule has 0 aliphatic carbocycles. The van der Waals surface area contributed by atoms with Crippen LogP contribution in [0.4, 0.5) is 5.69 Å². The Morgan fingerprint density at radius 3 is 2.07 bits per heavy atom. The van der Waals surface area contributed by atoms with E-state index in [1.165, 1.54) is 19.3 Å². The maximum Gasteiger partial charge on any atom is 0.258 e. The standard InChI is InChI=1S/C23H34N4O/c24-13-1-2-14-25-15-3-4-16-26-17-5-6-18-27-21-12-8-10-19-9-7-11-20(22(19)21)23(27)28/h7-12,25-26H,1-6,13-18,24H2. The van der Waals surface area contributed by atoms with Gasteiger partial charge < -0.3 is 21.3 Å². The summed E-state index contributed by atoms with van der Waals surface area (Å²) >= 11 is 0. The highest BCUT2D eigenvalue weighted by Crippen LogP contribution is 2.37. The Hall–Kier alpha value is -1.95. The third-order valence-corrected chi connectivity index (χ3v) is 5.40. The highest BCUT2D eigenvalue weighted by molar-refractivity contribution is 6.24. The van der Waals surface area contributed by atoms with Crippen LogP contribution in [-0.4, -0.2) is 45.2 Å². The summed E-state index contributed by atoms with van der Waals surface area (Å²) in [4.78, 5) is 14.7. The molecule has 0 unspecified atom stereocenters. The Kier molecular flexibility index (Phi) is 8.27. The van der Waals surface area contributed by atoms with Crippen molar-refractivity contribution in [2.45, 2.75) is 38.5 Å². The topological polar surface area (TPSA) is 70.4 Å². The molecule has 1 aliphatic heterocycles. The maximum absolute atomic E-state index is 12.7. The molecule has 0 aromatic heterocycles. The number of nitrogens with one attached hydrogen (secondary N) is 2. The average molecular weight is 383 g/mol. The van der Waals surface area contributed by atoms with Crippen LogP contribution in [0.3, 0.4) is 0 Å². The smallest absolute Gasteiger partial charge is 0.258 e. The molecule has 5 nitrogen and oxygen atoms in total. The number of rotatable bonds is 14. The van der Waals surface area contributed by atoms with Gasteiger partial charge in [0.15, 0.2) is 0 Å². The number of nitrogens with two attached hydrogens (primary N) is 1. The van der Waals surface area contributed by atoms with Gasteiger partial charge in [0.1, 0.15) is 0 Å². The predicted octanol–water partition coefficient (Wildman–Crippen LogP) is 3.28. The lowest BCUT2D eigenvalue weighted by Gasteiger charge is -2.17. The molecule has 1 aliphatic rings. The minimum Gasteiger partial charge on any atom is -0.330 e. The molecule has 0 radical (unpaired) electrons. The first-order valence-electron chi connectivity index (χ1n) is 10.8. The number of amides is 1. The summed E-state index contributed by atoms with van der Waals surface area (Å²) in [5, 5.41) is 9.25. The molecule has 2 aromatic rings. The van der Waals surface area contributed by atoms with Crippen molar-refractivity contribution in [2.24, 2.45) is 5.73 Å². The molecule has 2 aromatic carbocycles. The lowest BCUT2D eigenvalue weighted by molar-refractivity contribution is 0.0992. The van der Waals surface area contributed by atoms with Crippen LogP contribution in [0.15, 0.2) is 36.4 Å². The van der Waals surface area contributed by atoms with Crippen LogP contribution in [0.2, 0.25) is 0 Å². The van der Waals surface area contributed by atoms with E-state index in [1.54, 1.807) is 0 Å². The summed E-state index contributed by atoms with van der Waals surface area (Å²) in [6.45, 7) is 5.84. The lowest BCUT2D eigenvalue weighted by atomic mass is 10.1. The van der Waals surface area contributed by atoms with E-state index < -0.39 is 0 Å². The van der Waals surface area contributed by atoms with E-state index >= 15 is 0 Å². The van der Waals surface area contributed by atoms with Gasteiger partial charge in [-0.25, -0.2) is 0 Å². The Bertz CT molecular complexity index is 756. The van der Waals surface area contributed by atoms with E-state index in [0.29, 0.717) is 0 Å². The second-order valence-electron chi connectivity index (χ2n) is 7.55. The third-order valence-electron chi connectivity index (χ3n) is 5.40. The number of hydrogen-bond acceptors (Lipinski definition) is 4. The van der Waals surface area contributed by atoms with Crippen molar-refractivity contribution in [1.29, 1.82) is 0 Å². The zero-order valence-corrected chi connectivity index (χ0v) is 16.9. The SMILES string of the molecule is NCCCCNCCCCNCCCCN1C(=O)c2cccc3cccc1c23. The van der Waals surface area contributed by atoms with Crippen LogP contribution in [0.25, 0.3) is 10.8 Å². The zero-order chi connectivity index (χ0) is 19.6. The Labute approximate surface area is 168 Å². The highest BCUT2D eigenvalue weighted by Gasteiger charge is 2.28. The first kappa shape index (κ1) is 20.8. The second-order valence-corrected chi connectivity index (χ2v) is 7.55. The van der Waals surface area contributed by atoms with E-state index in [1.807, 2.05) is 23.1 Å². The van der Waals surface area contributed by atoms with Gasteiger partial charge in [-0.15, -0.1) is 0 Å². The normalized spacial score (nSPS) is 13.0. The lowest BCUT2D eigenvalue weighted by Crippen LogP contribution is -2.28. The average Bonchev–Trinajstić information content (AvgIpc) is 2.99. The van der Waals surface area contributed by atoms with E-state index in [-0.39, 0.29) is 5.91 Å². The molecule has 0 fully saturated rings. The first-order chi connectivity index (χ1) is 13.8. The van der Waals surface area contributed by atoms with Crippen LogP contribution in [0, 0.1) is 0 Å². The quantitative estimate of drug-likeness (QED) is 0.439. The number of carbonyl (C=O) groups excluding carboxylic acids is 1. The van der Waals surface area contributed by atoms with Crippen molar-refractivity contribution >= 4 is 22.4 Å². The highest BCUT2D eigenvalue weighted by atomic mass is 16.2. The molecule has 0 atom stereocenters. The number of benzene rings is 2. The number of hydrogen-bond donors (Lipinski definition) is 3. The molecule has 1 amide bonds. The van der Waals surface area contributed by atoms with Gasteiger partial charge in [0.05, 0.1) is 5.69 Å². The van der Waals surface area contributed by atoms with Crippen molar-refractivity contribution in [3.05, 3.63) is 42.0 Å². The predicted molar refractivity (Wildman–Crippen MR) is 118 cm³/mol. The summed E-state index contributed by atoms with van der Waals surface area (Å²) in [6, 6.07) is 12.2. The summed E-state index contributed by atoms with van der Waals surface area (Å²) in [6.07, 6.45) is 6.80. The van der Waals surface area contributed by atoms with Gasteiger partial charge in [-0.05, 0) is 88.8 Å². The van der Waals surface area contributed by atoms with E-state index in [0.717, 1.165) is 80.6 Å². The summed E-state index contributed by atoms with van der Waals surface area (Å²) in [7, 11) is 0. The third kappa shape index (κ3) is 5.31. The minimum absolute atomic E-state index is 0.152. The van der Waals surface area contributed by atoms with Gasteiger partial charge in [0, 0.05) is 17.5 Å². The molecule has 1 heterocycles. The second kappa shape index (κ2) is 11.1. The molecular formula is C23H34N4O. The van der Waals surface area contributed by atoms with Crippen LogP contribution in [0.1, 0.15) is 48.9 Å². The van der Waals surface area contributed by atoms with E-state index in [9.17, 15) is 4.79 Å². The molecule has 0 saturated carbocycles. The van der Waals surface area contributed by atoms with E-state index in [4.69, 9.17) is 5.73 Å². The van der Waals surface area contributed by atoms with Gasteiger partial charge in [0.25, 0.3) is 5.91 Å². The van der Waals surface area contributed by atoms with Gasteiger partial charge in [-0.1, -0.05) is 24.3 Å². The molecule has 0 spiro atoms. The van der Waals surface area contributed by atoms with Gasteiger partial charge in [-0.3, -0.25) is 4.79 Å².